The van der Waals surface area contributed by atoms with Gasteiger partial charge >= 0.3 is 0 Å². The molecule has 1 aliphatic rings. The van der Waals surface area contributed by atoms with Gasteiger partial charge in [-0.25, -0.2) is 0 Å². The topological polar surface area (TPSA) is 26.0 Å². The van der Waals surface area contributed by atoms with Gasteiger partial charge in [0, 0.05) is 5.54 Å². The highest BCUT2D eigenvalue weighted by atomic mass is 14.7. The van der Waals surface area contributed by atoms with E-state index in [1.54, 1.807) is 0 Å². The van der Waals surface area contributed by atoms with Gasteiger partial charge in [0.25, 0.3) is 0 Å². The van der Waals surface area contributed by atoms with Crippen molar-refractivity contribution >= 4 is 0 Å². The van der Waals surface area contributed by atoms with Gasteiger partial charge in [-0.1, -0.05) is 49.6 Å². The summed E-state index contributed by atoms with van der Waals surface area (Å²) in [7, 11) is 0. The monoisotopic (exact) mass is 217 g/mol. The fourth-order valence-electron chi connectivity index (χ4n) is 2.94. The van der Waals surface area contributed by atoms with E-state index >= 15 is 0 Å². The molecule has 16 heavy (non-hydrogen) atoms. The third-order valence-corrected chi connectivity index (χ3v) is 3.97. The van der Waals surface area contributed by atoms with Gasteiger partial charge in [0.15, 0.2) is 0 Å². The molecule has 0 aliphatic heterocycles. The molecule has 1 nitrogen and oxygen atoms in total. The summed E-state index contributed by atoms with van der Waals surface area (Å²) in [5.41, 5.74) is 7.87. The highest BCUT2D eigenvalue weighted by Gasteiger charge is 2.30. The van der Waals surface area contributed by atoms with Gasteiger partial charge < -0.3 is 5.73 Å². The lowest BCUT2D eigenvalue weighted by Crippen LogP contribution is -2.47. The van der Waals surface area contributed by atoms with Crippen LogP contribution in [0.15, 0.2) is 30.3 Å². The molecular weight excluding hydrogens is 194 g/mol. The average molecular weight is 217 g/mol. The Balaban J connectivity index is 2.01. The predicted octanol–water partition coefficient (Wildman–Crippen LogP) is 3.53. The van der Waals surface area contributed by atoms with Crippen molar-refractivity contribution in [3.63, 3.8) is 0 Å². The Morgan fingerprint density at radius 1 is 1.12 bits per heavy atom. The Morgan fingerprint density at radius 2 is 1.75 bits per heavy atom. The summed E-state index contributed by atoms with van der Waals surface area (Å²) in [4.78, 5) is 0. The van der Waals surface area contributed by atoms with Crippen molar-refractivity contribution in [2.24, 2.45) is 11.7 Å². The molecule has 1 heteroatoms. The Morgan fingerprint density at radius 3 is 2.38 bits per heavy atom. The van der Waals surface area contributed by atoms with Gasteiger partial charge in [-0.3, -0.25) is 0 Å². The van der Waals surface area contributed by atoms with E-state index in [2.05, 4.69) is 37.3 Å². The molecule has 1 atom stereocenters. The first kappa shape index (κ1) is 11.7. The summed E-state index contributed by atoms with van der Waals surface area (Å²) in [6, 6.07) is 10.7. The highest BCUT2D eigenvalue weighted by Crippen LogP contribution is 2.33. The van der Waals surface area contributed by atoms with Crippen LogP contribution < -0.4 is 5.73 Å². The van der Waals surface area contributed by atoms with Crippen LogP contribution in [0.1, 0.15) is 44.6 Å². The summed E-state index contributed by atoms with van der Waals surface area (Å²) in [5.74, 6) is 0.710. The maximum absolute atomic E-state index is 6.52. The summed E-state index contributed by atoms with van der Waals surface area (Å²) in [5, 5.41) is 0. The van der Waals surface area contributed by atoms with E-state index in [-0.39, 0.29) is 5.54 Å². The smallest absolute Gasteiger partial charge is 0.0195 e. The van der Waals surface area contributed by atoms with Crippen LogP contribution in [0.3, 0.4) is 0 Å². The Bertz CT molecular complexity index is 309. The first-order valence-corrected chi connectivity index (χ1v) is 6.51. The molecule has 0 spiro atoms. The second-order valence-corrected chi connectivity index (χ2v) is 5.50. The fraction of sp³-hybridized carbons (Fsp3) is 0.600. The molecular formula is C15H23N. The molecule has 1 fully saturated rings. The van der Waals surface area contributed by atoms with Crippen molar-refractivity contribution in [3.8, 4) is 0 Å². The zero-order valence-electron chi connectivity index (χ0n) is 10.3. The normalized spacial score (nSPS) is 21.6. The number of benzene rings is 1. The van der Waals surface area contributed by atoms with Crippen LogP contribution >= 0.6 is 0 Å². The van der Waals surface area contributed by atoms with Crippen LogP contribution in [-0.2, 0) is 6.42 Å². The molecule has 0 amide bonds. The number of nitrogens with two attached hydrogens (primary N) is 1. The lowest BCUT2D eigenvalue weighted by molar-refractivity contribution is 0.221. The number of rotatable bonds is 3. The second kappa shape index (κ2) is 5.01. The van der Waals surface area contributed by atoms with Crippen molar-refractivity contribution in [3.05, 3.63) is 35.9 Å². The van der Waals surface area contributed by atoms with Crippen molar-refractivity contribution in [1.82, 2.24) is 0 Å². The molecule has 1 aliphatic carbocycles. The lowest BCUT2D eigenvalue weighted by atomic mass is 9.73. The minimum atomic E-state index is -0.0260. The van der Waals surface area contributed by atoms with E-state index in [0.717, 1.165) is 6.42 Å². The molecule has 0 aromatic heterocycles. The van der Waals surface area contributed by atoms with Gasteiger partial charge in [-0.15, -0.1) is 0 Å². The summed E-state index contributed by atoms with van der Waals surface area (Å²) in [6.45, 7) is 2.23. The number of hydrogen-bond acceptors (Lipinski definition) is 1. The first-order valence-electron chi connectivity index (χ1n) is 6.51. The van der Waals surface area contributed by atoms with Gasteiger partial charge in [0.2, 0.25) is 0 Å². The molecule has 88 valence electrons. The van der Waals surface area contributed by atoms with E-state index < -0.39 is 0 Å². The summed E-state index contributed by atoms with van der Waals surface area (Å²) in [6.07, 6.45) is 7.79. The van der Waals surface area contributed by atoms with Gasteiger partial charge in [-0.2, -0.15) is 0 Å². The Hall–Kier alpha value is -0.820. The van der Waals surface area contributed by atoms with E-state index in [9.17, 15) is 0 Å². The molecule has 0 radical (unpaired) electrons. The van der Waals surface area contributed by atoms with Crippen molar-refractivity contribution < 1.29 is 0 Å². The first-order chi connectivity index (χ1) is 7.68. The van der Waals surface area contributed by atoms with Crippen molar-refractivity contribution in [2.75, 3.05) is 0 Å². The van der Waals surface area contributed by atoms with Crippen LogP contribution in [0.2, 0.25) is 0 Å². The van der Waals surface area contributed by atoms with Crippen LogP contribution in [0.25, 0.3) is 0 Å². The lowest BCUT2D eigenvalue weighted by Gasteiger charge is -2.37. The molecule has 1 aromatic carbocycles. The third kappa shape index (κ3) is 2.85. The van der Waals surface area contributed by atoms with Crippen molar-refractivity contribution in [1.29, 1.82) is 0 Å². The molecule has 2 N–H and O–H groups in total. The third-order valence-electron chi connectivity index (χ3n) is 3.97. The molecule has 0 bridgehead atoms. The highest BCUT2D eigenvalue weighted by molar-refractivity contribution is 5.17. The summed E-state index contributed by atoms with van der Waals surface area (Å²) >= 11 is 0. The maximum Gasteiger partial charge on any atom is 0.0195 e. The minimum absolute atomic E-state index is 0.0260. The van der Waals surface area contributed by atoms with Crippen LogP contribution in [-0.4, -0.2) is 5.54 Å². The molecule has 0 heterocycles. The van der Waals surface area contributed by atoms with Crippen molar-refractivity contribution in [2.45, 2.75) is 51.0 Å². The van der Waals surface area contributed by atoms with Gasteiger partial charge in [-0.05, 0) is 37.7 Å². The number of hydrogen-bond donors (Lipinski definition) is 1. The zero-order valence-corrected chi connectivity index (χ0v) is 10.3. The van der Waals surface area contributed by atoms with Gasteiger partial charge in [0.1, 0.15) is 0 Å². The largest absolute Gasteiger partial charge is 0.325 e. The standard InChI is InChI=1S/C15H23N/c1-15(16,14-10-6-3-7-11-14)12-13-8-4-2-5-9-13/h2,4-5,8-9,14H,3,6-7,10-12,16H2,1H3. The maximum atomic E-state index is 6.52. The average Bonchev–Trinajstić information content (AvgIpc) is 2.31. The molecule has 1 aromatic rings. The molecule has 0 saturated heterocycles. The quantitative estimate of drug-likeness (QED) is 0.823. The van der Waals surface area contributed by atoms with Crippen LogP contribution in [0, 0.1) is 5.92 Å². The van der Waals surface area contributed by atoms with E-state index in [1.807, 2.05) is 0 Å². The van der Waals surface area contributed by atoms with E-state index in [4.69, 9.17) is 5.73 Å². The molecule has 2 rings (SSSR count). The Labute approximate surface area is 99.0 Å². The van der Waals surface area contributed by atoms with Gasteiger partial charge in [0.05, 0.1) is 0 Å². The predicted molar refractivity (Wildman–Crippen MR) is 69.3 cm³/mol. The summed E-state index contributed by atoms with van der Waals surface area (Å²) < 4.78 is 0. The van der Waals surface area contributed by atoms with E-state index in [0.29, 0.717) is 5.92 Å². The van der Waals surface area contributed by atoms with Crippen LogP contribution in [0.4, 0.5) is 0 Å². The minimum Gasteiger partial charge on any atom is -0.325 e. The molecule has 1 saturated carbocycles. The Kier molecular flexibility index (Phi) is 3.65. The fourth-order valence-corrected chi connectivity index (χ4v) is 2.94. The van der Waals surface area contributed by atoms with E-state index in [1.165, 1.54) is 37.7 Å². The second-order valence-electron chi connectivity index (χ2n) is 5.50. The SMILES string of the molecule is CC(N)(Cc1ccccc1)C1CCCCC1. The van der Waals surface area contributed by atoms with Crippen LogP contribution in [0.5, 0.6) is 0 Å². The zero-order chi connectivity index (χ0) is 11.4. The molecule has 1 unspecified atom stereocenters.